The molecule has 1 aliphatic heterocycles. The Hall–Kier alpha value is -4.62. The van der Waals surface area contributed by atoms with Crippen LogP contribution in [0.5, 0.6) is 5.75 Å². The molecule has 7 heteroatoms. The Bertz CT molecular complexity index is 1630. The van der Waals surface area contributed by atoms with Gasteiger partial charge < -0.3 is 4.74 Å². The van der Waals surface area contributed by atoms with Gasteiger partial charge in [-0.25, -0.2) is 9.29 Å². The van der Waals surface area contributed by atoms with Crippen LogP contribution in [0, 0.1) is 5.82 Å². The fourth-order valence-corrected chi connectivity index (χ4v) is 4.58. The molecule has 0 radical (unpaired) electrons. The van der Waals surface area contributed by atoms with E-state index < -0.39 is 17.6 Å². The van der Waals surface area contributed by atoms with Gasteiger partial charge in [-0.05, 0) is 82.5 Å². The molecule has 5 nitrogen and oxygen atoms in total. The van der Waals surface area contributed by atoms with Gasteiger partial charge in [-0.15, -0.1) is 6.58 Å². The van der Waals surface area contributed by atoms with Gasteiger partial charge in [0, 0.05) is 0 Å². The summed E-state index contributed by atoms with van der Waals surface area (Å²) in [4.78, 5) is 26.9. The summed E-state index contributed by atoms with van der Waals surface area (Å²) in [5.74, 6) is -1.30. The molecule has 1 saturated heterocycles. The number of nitrogens with zero attached hydrogens (tertiary/aromatic N) is 1. The monoisotopic (exact) mass is 522 g/mol. The number of carbonyl (C=O) groups excluding carboxylic acids is 2. The molecule has 5 rings (SSSR count). The van der Waals surface area contributed by atoms with E-state index in [1.807, 2.05) is 24.3 Å². The van der Waals surface area contributed by atoms with Crippen LogP contribution in [-0.4, -0.2) is 16.9 Å². The number of anilines is 1. The number of amides is 2. The summed E-state index contributed by atoms with van der Waals surface area (Å²) in [7, 11) is 0. The number of halogens is 1. The van der Waals surface area contributed by atoms with Gasteiger partial charge in [0.05, 0.1) is 5.69 Å². The lowest BCUT2D eigenvalue weighted by atomic mass is 10.0. The second kappa shape index (κ2) is 10.8. The van der Waals surface area contributed by atoms with Gasteiger partial charge >= 0.3 is 0 Å². The number of fused-ring (bicyclic) bond motifs is 1. The molecule has 1 fully saturated rings. The Morgan fingerprint density at radius 3 is 2.50 bits per heavy atom. The summed E-state index contributed by atoms with van der Waals surface area (Å²) < 4.78 is 20.5. The van der Waals surface area contributed by atoms with E-state index in [0.29, 0.717) is 24.3 Å². The third-order valence-electron chi connectivity index (χ3n) is 6.16. The molecule has 4 aromatic rings. The first-order valence-electron chi connectivity index (χ1n) is 11.9. The SMILES string of the molecule is C=CCc1cc(/C=C2\C(=O)NC(=S)N(c3ccccc3F)C2=O)ccc1OCc1ccc2ccccc2c1. The highest BCUT2D eigenvalue weighted by molar-refractivity contribution is 7.80. The number of thiocarbonyl (C=S) groups is 1. The molecular weight excluding hydrogens is 499 g/mol. The topological polar surface area (TPSA) is 58.6 Å². The molecule has 0 atom stereocenters. The zero-order valence-corrected chi connectivity index (χ0v) is 21.1. The fourth-order valence-electron chi connectivity index (χ4n) is 4.31. The van der Waals surface area contributed by atoms with Crippen molar-refractivity contribution in [3.05, 3.63) is 126 Å². The Morgan fingerprint density at radius 1 is 0.947 bits per heavy atom. The van der Waals surface area contributed by atoms with Gasteiger partial charge in [-0.2, -0.15) is 0 Å². The molecule has 1 heterocycles. The highest BCUT2D eigenvalue weighted by atomic mass is 32.1. The minimum atomic E-state index is -0.703. The first-order chi connectivity index (χ1) is 18.4. The van der Waals surface area contributed by atoms with Gasteiger partial charge in [-0.1, -0.05) is 60.7 Å². The Labute approximate surface area is 224 Å². The average Bonchev–Trinajstić information content (AvgIpc) is 2.91. The predicted octanol–water partition coefficient (Wildman–Crippen LogP) is 6.12. The largest absolute Gasteiger partial charge is 0.489 e. The lowest BCUT2D eigenvalue weighted by molar-refractivity contribution is -0.122. The first-order valence-corrected chi connectivity index (χ1v) is 12.4. The molecule has 4 aromatic carbocycles. The van der Waals surface area contributed by atoms with E-state index in [1.54, 1.807) is 24.3 Å². The molecule has 0 aromatic heterocycles. The Balaban J connectivity index is 1.41. The lowest BCUT2D eigenvalue weighted by Crippen LogP contribution is -2.54. The normalized spacial score (nSPS) is 14.6. The minimum Gasteiger partial charge on any atom is -0.489 e. The quantitative estimate of drug-likeness (QED) is 0.138. The number of carbonyl (C=O) groups is 2. The van der Waals surface area contributed by atoms with Crippen molar-refractivity contribution in [2.75, 3.05) is 4.90 Å². The maximum absolute atomic E-state index is 14.4. The van der Waals surface area contributed by atoms with Gasteiger partial charge in [0.2, 0.25) is 0 Å². The molecule has 188 valence electrons. The van der Waals surface area contributed by atoms with Crippen LogP contribution >= 0.6 is 12.2 Å². The number of benzene rings is 4. The molecule has 0 spiro atoms. The van der Waals surface area contributed by atoms with Gasteiger partial charge in [0.15, 0.2) is 5.11 Å². The summed E-state index contributed by atoms with van der Waals surface area (Å²) >= 11 is 5.16. The second-order valence-corrected chi connectivity index (χ2v) is 9.13. The van der Waals surface area contributed by atoms with Crippen LogP contribution in [0.4, 0.5) is 10.1 Å². The van der Waals surface area contributed by atoms with E-state index in [4.69, 9.17) is 17.0 Å². The average molecular weight is 523 g/mol. The van der Waals surface area contributed by atoms with E-state index in [2.05, 4.69) is 36.2 Å². The van der Waals surface area contributed by atoms with E-state index in [0.717, 1.165) is 26.8 Å². The van der Waals surface area contributed by atoms with Crippen LogP contribution in [0.2, 0.25) is 0 Å². The number of rotatable bonds is 7. The molecule has 1 N–H and O–H groups in total. The summed E-state index contributed by atoms with van der Waals surface area (Å²) in [5, 5.41) is 4.61. The third-order valence-corrected chi connectivity index (χ3v) is 6.45. The van der Waals surface area contributed by atoms with Crippen LogP contribution < -0.4 is 15.0 Å². The number of hydrogen-bond donors (Lipinski definition) is 1. The molecule has 0 aliphatic carbocycles. The molecule has 0 saturated carbocycles. The predicted molar refractivity (Wildman–Crippen MR) is 151 cm³/mol. The lowest BCUT2D eigenvalue weighted by Gasteiger charge is -2.29. The van der Waals surface area contributed by atoms with Crippen LogP contribution in [0.25, 0.3) is 16.8 Å². The summed E-state index contributed by atoms with van der Waals surface area (Å²) in [6.45, 7) is 4.21. The van der Waals surface area contributed by atoms with Crippen molar-refractivity contribution >= 4 is 51.7 Å². The number of para-hydroxylation sites is 1. The highest BCUT2D eigenvalue weighted by Crippen LogP contribution is 2.27. The minimum absolute atomic E-state index is 0.0295. The molecule has 2 amide bonds. The van der Waals surface area contributed by atoms with Crippen molar-refractivity contribution in [1.29, 1.82) is 0 Å². The highest BCUT2D eigenvalue weighted by Gasteiger charge is 2.35. The standard InChI is InChI=1S/C31H23FN2O3S/c1-2-7-24-16-20(13-15-28(24)37-19-21-12-14-22-8-3-4-9-23(22)17-21)18-25-29(35)33-31(38)34(30(25)36)27-11-6-5-10-26(27)32/h2-6,8-18H,1,7,19H2,(H,33,35,38)/b25-18+. The maximum atomic E-state index is 14.4. The number of ether oxygens (including phenoxy) is 1. The smallest absolute Gasteiger partial charge is 0.270 e. The van der Waals surface area contributed by atoms with E-state index in [-0.39, 0.29) is 16.4 Å². The summed E-state index contributed by atoms with van der Waals surface area (Å²) in [6.07, 6.45) is 3.74. The number of allylic oxidation sites excluding steroid dienone is 1. The van der Waals surface area contributed by atoms with Crippen molar-refractivity contribution in [2.45, 2.75) is 13.0 Å². The molecule has 1 aliphatic rings. The number of nitrogens with one attached hydrogen (secondary N) is 1. The Kier molecular flexibility index (Phi) is 7.11. The Morgan fingerprint density at radius 2 is 1.71 bits per heavy atom. The van der Waals surface area contributed by atoms with Crippen LogP contribution in [-0.2, 0) is 22.6 Å². The molecule has 0 unspecified atom stereocenters. The number of hydrogen-bond acceptors (Lipinski definition) is 4. The van der Waals surface area contributed by atoms with Crippen molar-refractivity contribution in [3.63, 3.8) is 0 Å². The van der Waals surface area contributed by atoms with Crippen molar-refractivity contribution in [2.24, 2.45) is 0 Å². The zero-order chi connectivity index (χ0) is 26.6. The molecule has 38 heavy (non-hydrogen) atoms. The van der Waals surface area contributed by atoms with Crippen LogP contribution in [0.15, 0.2) is 103 Å². The molecular formula is C31H23FN2O3S. The van der Waals surface area contributed by atoms with Crippen LogP contribution in [0.3, 0.4) is 0 Å². The van der Waals surface area contributed by atoms with E-state index in [9.17, 15) is 14.0 Å². The maximum Gasteiger partial charge on any atom is 0.270 e. The third kappa shape index (κ3) is 5.10. The van der Waals surface area contributed by atoms with Crippen LogP contribution in [0.1, 0.15) is 16.7 Å². The van der Waals surface area contributed by atoms with Gasteiger partial charge in [0.25, 0.3) is 11.8 Å². The van der Waals surface area contributed by atoms with Crippen molar-refractivity contribution < 1.29 is 18.7 Å². The van der Waals surface area contributed by atoms with E-state index in [1.165, 1.54) is 24.3 Å². The van der Waals surface area contributed by atoms with E-state index >= 15 is 0 Å². The van der Waals surface area contributed by atoms with Crippen molar-refractivity contribution in [3.8, 4) is 5.75 Å². The van der Waals surface area contributed by atoms with Gasteiger partial charge in [-0.3, -0.25) is 14.9 Å². The van der Waals surface area contributed by atoms with Crippen molar-refractivity contribution in [1.82, 2.24) is 5.32 Å². The van der Waals surface area contributed by atoms with Gasteiger partial charge in [0.1, 0.15) is 23.7 Å². The second-order valence-electron chi connectivity index (χ2n) is 8.74. The summed E-state index contributed by atoms with van der Waals surface area (Å²) in [6, 6.07) is 25.5. The fraction of sp³-hybridized carbons (Fsp3) is 0.0645. The zero-order valence-electron chi connectivity index (χ0n) is 20.3. The first kappa shape index (κ1) is 25.0. The summed E-state index contributed by atoms with van der Waals surface area (Å²) in [5.41, 5.74) is 2.31. The molecule has 0 bridgehead atoms.